The Morgan fingerprint density at radius 1 is 0.929 bits per heavy atom. The van der Waals surface area contributed by atoms with E-state index < -0.39 is 0 Å². The van der Waals surface area contributed by atoms with Crippen LogP contribution in [0.15, 0.2) is 66.7 Å². The third-order valence-electron chi connectivity index (χ3n) is 4.67. The van der Waals surface area contributed by atoms with Gasteiger partial charge in [-0.1, -0.05) is 42.0 Å². The zero-order valence-corrected chi connectivity index (χ0v) is 15.7. The Bertz CT molecular complexity index is 1140. The molecule has 28 heavy (non-hydrogen) atoms. The summed E-state index contributed by atoms with van der Waals surface area (Å²) in [5, 5.41) is 10.9. The molecule has 140 valence electrons. The van der Waals surface area contributed by atoms with Crippen LogP contribution in [0.2, 0.25) is 0 Å². The molecule has 0 fully saturated rings. The molecule has 3 aromatic carbocycles. The van der Waals surface area contributed by atoms with Crippen LogP contribution in [0.5, 0.6) is 0 Å². The Labute approximate surface area is 163 Å². The molecule has 4 rings (SSSR count). The highest BCUT2D eigenvalue weighted by molar-refractivity contribution is 6.03. The maximum absolute atomic E-state index is 12.2. The van der Waals surface area contributed by atoms with Crippen LogP contribution in [0, 0.1) is 6.92 Å². The number of rotatable bonds is 3. The molecule has 4 N–H and O–H groups in total. The number of fused-ring (bicyclic) bond motifs is 1. The molecular weight excluding hydrogens is 350 g/mol. The van der Waals surface area contributed by atoms with Gasteiger partial charge in [0.25, 0.3) is 0 Å². The molecule has 6 nitrogen and oxygen atoms in total. The van der Waals surface area contributed by atoms with Gasteiger partial charge in [0.05, 0.1) is 10.9 Å². The van der Waals surface area contributed by atoms with Crippen LogP contribution in [-0.2, 0) is 7.05 Å². The maximum atomic E-state index is 12.2. The van der Waals surface area contributed by atoms with Crippen LogP contribution in [0.4, 0.5) is 22.0 Å². The zero-order chi connectivity index (χ0) is 19.7. The van der Waals surface area contributed by atoms with Gasteiger partial charge in [-0.3, -0.25) is 4.68 Å². The van der Waals surface area contributed by atoms with E-state index in [1.165, 1.54) is 0 Å². The van der Waals surface area contributed by atoms with Crippen molar-refractivity contribution in [1.29, 1.82) is 0 Å². The van der Waals surface area contributed by atoms with Crippen LogP contribution in [0.1, 0.15) is 5.56 Å². The number of nitrogens with one attached hydrogen (secondary N) is 2. The number of urea groups is 1. The first kappa shape index (κ1) is 17.6. The van der Waals surface area contributed by atoms with E-state index in [1.54, 1.807) is 4.68 Å². The average molecular weight is 371 g/mol. The predicted molar refractivity (Wildman–Crippen MR) is 114 cm³/mol. The quantitative estimate of drug-likeness (QED) is 0.485. The number of nitrogens with zero attached hydrogens (tertiary/aromatic N) is 2. The van der Waals surface area contributed by atoms with E-state index in [0.29, 0.717) is 11.5 Å². The fraction of sp³-hybridized carbons (Fsp3) is 0.0909. The third-order valence-corrected chi connectivity index (χ3v) is 4.67. The lowest BCUT2D eigenvalue weighted by molar-refractivity contribution is 0.262. The first-order valence-electron chi connectivity index (χ1n) is 8.97. The van der Waals surface area contributed by atoms with Gasteiger partial charge in [-0.15, -0.1) is 0 Å². The number of carbonyl (C=O) groups is 1. The first-order valence-corrected chi connectivity index (χ1v) is 8.97. The van der Waals surface area contributed by atoms with Crippen LogP contribution in [0.3, 0.4) is 0 Å². The monoisotopic (exact) mass is 371 g/mol. The summed E-state index contributed by atoms with van der Waals surface area (Å²) < 4.78 is 1.78. The number of amides is 2. The zero-order valence-electron chi connectivity index (χ0n) is 15.7. The summed E-state index contributed by atoms with van der Waals surface area (Å²) in [6.45, 7) is 2.00. The summed E-state index contributed by atoms with van der Waals surface area (Å²) in [5.41, 5.74) is 11.7. The fourth-order valence-corrected chi connectivity index (χ4v) is 3.25. The van der Waals surface area contributed by atoms with Crippen molar-refractivity contribution in [3.8, 4) is 11.1 Å². The summed E-state index contributed by atoms with van der Waals surface area (Å²) in [6.07, 6.45) is 0. The van der Waals surface area contributed by atoms with Gasteiger partial charge >= 0.3 is 6.03 Å². The average Bonchev–Trinajstić information content (AvgIpc) is 2.98. The molecular formula is C22H21N5O. The van der Waals surface area contributed by atoms with Crippen LogP contribution in [-0.4, -0.2) is 15.8 Å². The lowest BCUT2D eigenvalue weighted by atomic mass is 10.0. The minimum Gasteiger partial charge on any atom is -0.382 e. The van der Waals surface area contributed by atoms with Gasteiger partial charge < -0.3 is 16.4 Å². The predicted octanol–water partition coefficient (Wildman–Crippen LogP) is 4.77. The van der Waals surface area contributed by atoms with Crippen molar-refractivity contribution in [3.63, 3.8) is 0 Å². The standard InChI is InChI=1S/C22H21N5O/c1-14-6-10-16(11-7-14)24-22(28)25-17-12-8-15(9-13-17)18-4-3-5-19-20(18)21(23)26-27(19)2/h3-13H,1-2H3,(H2,23,26)(H2,24,25,28). The summed E-state index contributed by atoms with van der Waals surface area (Å²) in [6, 6.07) is 21.0. The maximum Gasteiger partial charge on any atom is 0.323 e. The molecule has 4 aromatic rings. The Hall–Kier alpha value is -3.80. The molecule has 0 unspecified atom stereocenters. The topological polar surface area (TPSA) is 85.0 Å². The molecule has 0 bridgehead atoms. The van der Waals surface area contributed by atoms with E-state index in [-0.39, 0.29) is 6.03 Å². The molecule has 2 amide bonds. The molecule has 0 aliphatic rings. The number of hydrogen-bond acceptors (Lipinski definition) is 3. The minimum absolute atomic E-state index is 0.282. The van der Waals surface area contributed by atoms with Gasteiger partial charge in [0.15, 0.2) is 5.82 Å². The van der Waals surface area contributed by atoms with E-state index in [9.17, 15) is 4.79 Å². The summed E-state index contributed by atoms with van der Waals surface area (Å²) >= 11 is 0. The van der Waals surface area contributed by atoms with E-state index in [1.807, 2.05) is 80.7 Å². The highest BCUT2D eigenvalue weighted by Gasteiger charge is 2.12. The van der Waals surface area contributed by atoms with Gasteiger partial charge in [-0.05, 0) is 48.4 Å². The number of hydrogen-bond donors (Lipinski definition) is 3. The third kappa shape index (κ3) is 3.40. The van der Waals surface area contributed by atoms with Gasteiger partial charge in [-0.2, -0.15) is 5.10 Å². The fourth-order valence-electron chi connectivity index (χ4n) is 3.25. The normalized spacial score (nSPS) is 10.8. The summed E-state index contributed by atoms with van der Waals surface area (Å²) in [4.78, 5) is 12.2. The second kappa shape index (κ2) is 7.08. The minimum atomic E-state index is -0.282. The Balaban J connectivity index is 1.53. The SMILES string of the molecule is Cc1ccc(NC(=O)Nc2ccc(-c3cccc4c3c(N)nn4C)cc2)cc1. The lowest BCUT2D eigenvalue weighted by Gasteiger charge is -2.09. The number of benzene rings is 3. The largest absolute Gasteiger partial charge is 0.382 e. The van der Waals surface area contributed by atoms with Crippen molar-refractivity contribution in [2.24, 2.45) is 7.05 Å². The number of aryl methyl sites for hydroxylation is 2. The van der Waals surface area contributed by atoms with Crippen LogP contribution < -0.4 is 16.4 Å². The molecule has 0 saturated heterocycles. The molecule has 0 spiro atoms. The van der Waals surface area contributed by atoms with Crippen molar-refractivity contribution >= 4 is 34.1 Å². The number of aromatic nitrogens is 2. The van der Waals surface area contributed by atoms with Crippen molar-refractivity contribution in [2.45, 2.75) is 6.92 Å². The molecule has 0 radical (unpaired) electrons. The second-order valence-electron chi connectivity index (χ2n) is 6.73. The van der Waals surface area contributed by atoms with Crippen molar-refractivity contribution in [3.05, 3.63) is 72.3 Å². The number of anilines is 3. The smallest absolute Gasteiger partial charge is 0.323 e. The van der Waals surface area contributed by atoms with Crippen molar-refractivity contribution in [2.75, 3.05) is 16.4 Å². The van der Waals surface area contributed by atoms with E-state index in [4.69, 9.17) is 5.73 Å². The van der Waals surface area contributed by atoms with Crippen LogP contribution in [0.25, 0.3) is 22.0 Å². The van der Waals surface area contributed by atoms with Gasteiger partial charge in [0, 0.05) is 18.4 Å². The highest BCUT2D eigenvalue weighted by Crippen LogP contribution is 2.32. The molecule has 0 aliphatic heterocycles. The number of nitrogens with two attached hydrogens (primary N) is 1. The van der Waals surface area contributed by atoms with Gasteiger partial charge in [0.1, 0.15) is 0 Å². The molecule has 6 heteroatoms. The molecule has 0 aliphatic carbocycles. The molecule has 1 heterocycles. The molecule has 0 saturated carbocycles. The first-order chi connectivity index (χ1) is 13.5. The number of nitrogen functional groups attached to an aromatic ring is 1. The highest BCUT2D eigenvalue weighted by atomic mass is 16.2. The second-order valence-corrected chi connectivity index (χ2v) is 6.73. The van der Waals surface area contributed by atoms with Gasteiger partial charge in [-0.25, -0.2) is 4.79 Å². The number of carbonyl (C=O) groups excluding carboxylic acids is 1. The Kier molecular flexibility index (Phi) is 4.45. The van der Waals surface area contributed by atoms with E-state index in [2.05, 4.69) is 15.7 Å². The van der Waals surface area contributed by atoms with Gasteiger partial charge in [0.2, 0.25) is 0 Å². The van der Waals surface area contributed by atoms with Crippen molar-refractivity contribution in [1.82, 2.24) is 9.78 Å². The van der Waals surface area contributed by atoms with Crippen molar-refractivity contribution < 1.29 is 4.79 Å². The van der Waals surface area contributed by atoms with E-state index >= 15 is 0 Å². The lowest BCUT2D eigenvalue weighted by Crippen LogP contribution is -2.19. The summed E-state index contributed by atoms with van der Waals surface area (Å²) in [7, 11) is 1.88. The molecule has 0 atom stereocenters. The molecule has 1 aromatic heterocycles. The Morgan fingerprint density at radius 3 is 2.18 bits per heavy atom. The summed E-state index contributed by atoms with van der Waals surface area (Å²) in [5.74, 6) is 0.507. The van der Waals surface area contributed by atoms with E-state index in [0.717, 1.165) is 33.3 Å². The van der Waals surface area contributed by atoms with Crippen LogP contribution >= 0.6 is 0 Å². The Morgan fingerprint density at radius 2 is 1.54 bits per heavy atom.